The van der Waals surface area contributed by atoms with Gasteiger partial charge in [0, 0.05) is 15.1 Å². The van der Waals surface area contributed by atoms with Gasteiger partial charge in [0.2, 0.25) is 0 Å². The first-order valence-corrected chi connectivity index (χ1v) is 6.98. The summed E-state index contributed by atoms with van der Waals surface area (Å²) in [4.78, 5) is 12.2. The highest BCUT2D eigenvalue weighted by atomic mass is 79.9. The number of hydrogen-bond donors (Lipinski definition) is 1. The van der Waals surface area contributed by atoms with Crippen LogP contribution in [-0.2, 0) is 0 Å². The number of benzene rings is 2. The monoisotopic (exact) mass is 337 g/mol. The standard InChI is InChI=1S/C15H13BrClNO/c1-9-6-11(8-12(17)7-9)15(19)18-13-5-3-4-10(2)14(13)16/h3-8H,1-2H3,(H,18,19). The third-order valence-corrected chi connectivity index (χ3v) is 4.02. The van der Waals surface area contributed by atoms with Crippen LogP contribution < -0.4 is 5.32 Å². The number of anilines is 1. The molecule has 0 bridgehead atoms. The maximum Gasteiger partial charge on any atom is 0.255 e. The van der Waals surface area contributed by atoms with Gasteiger partial charge in [0.1, 0.15) is 0 Å². The maximum atomic E-state index is 12.2. The molecule has 0 aromatic heterocycles. The molecule has 1 amide bonds. The minimum absolute atomic E-state index is 0.170. The van der Waals surface area contributed by atoms with Gasteiger partial charge in [-0.25, -0.2) is 0 Å². The molecule has 0 fully saturated rings. The van der Waals surface area contributed by atoms with Crippen LogP contribution in [0.15, 0.2) is 40.9 Å². The molecule has 19 heavy (non-hydrogen) atoms. The first-order valence-electron chi connectivity index (χ1n) is 5.81. The fraction of sp³-hybridized carbons (Fsp3) is 0.133. The van der Waals surface area contributed by atoms with Gasteiger partial charge in [-0.3, -0.25) is 4.79 Å². The molecule has 2 rings (SSSR count). The molecular weight excluding hydrogens is 326 g/mol. The summed E-state index contributed by atoms with van der Waals surface area (Å²) in [5.74, 6) is -0.170. The van der Waals surface area contributed by atoms with Gasteiger partial charge in [-0.2, -0.15) is 0 Å². The third kappa shape index (κ3) is 3.37. The molecule has 0 aliphatic heterocycles. The second-order valence-electron chi connectivity index (χ2n) is 4.41. The zero-order valence-electron chi connectivity index (χ0n) is 10.6. The number of rotatable bonds is 2. The second kappa shape index (κ2) is 5.76. The molecule has 2 aromatic carbocycles. The van der Waals surface area contributed by atoms with E-state index in [1.807, 2.05) is 44.2 Å². The molecule has 2 nitrogen and oxygen atoms in total. The van der Waals surface area contributed by atoms with E-state index in [-0.39, 0.29) is 5.91 Å². The summed E-state index contributed by atoms with van der Waals surface area (Å²) >= 11 is 9.43. The van der Waals surface area contributed by atoms with E-state index < -0.39 is 0 Å². The average Bonchev–Trinajstić information content (AvgIpc) is 2.33. The summed E-state index contributed by atoms with van der Waals surface area (Å²) < 4.78 is 0.891. The van der Waals surface area contributed by atoms with E-state index in [0.29, 0.717) is 10.6 Å². The Morgan fingerprint density at radius 1 is 1.21 bits per heavy atom. The van der Waals surface area contributed by atoms with Crippen LogP contribution in [0.5, 0.6) is 0 Å². The number of aryl methyl sites for hydroxylation is 2. The molecular formula is C15H13BrClNO. The van der Waals surface area contributed by atoms with Crippen molar-refractivity contribution in [2.45, 2.75) is 13.8 Å². The van der Waals surface area contributed by atoms with Crippen LogP contribution >= 0.6 is 27.5 Å². The van der Waals surface area contributed by atoms with Crippen molar-refractivity contribution in [3.63, 3.8) is 0 Å². The number of amides is 1. The Labute approximate surface area is 125 Å². The Bertz CT molecular complexity index is 620. The van der Waals surface area contributed by atoms with Crippen molar-refractivity contribution < 1.29 is 4.79 Å². The molecule has 4 heteroatoms. The number of carbonyl (C=O) groups is 1. The van der Waals surface area contributed by atoms with Gasteiger partial charge in [0.25, 0.3) is 5.91 Å². The highest BCUT2D eigenvalue weighted by Crippen LogP contribution is 2.26. The minimum Gasteiger partial charge on any atom is -0.321 e. The second-order valence-corrected chi connectivity index (χ2v) is 5.64. The van der Waals surface area contributed by atoms with E-state index in [4.69, 9.17) is 11.6 Å². The highest BCUT2D eigenvalue weighted by molar-refractivity contribution is 9.10. The van der Waals surface area contributed by atoms with Crippen LogP contribution in [0.1, 0.15) is 21.5 Å². The largest absolute Gasteiger partial charge is 0.321 e. The minimum atomic E-state index is -0.170. The molecule has 1 N–H and O–H groups in total. The maximum absolute atomic E-state index is 12.2. The molecule has 0 radical (unpaired) electrons. The molecule has 0 aliphatic carbocycles. The summed E-state index contributed by atoms with van der Waals surface area (Å²) in [6.07, 6.45) is 0. The first-order chi connectivity index (χ1) is 8.97. The van der Waals surface area contributed by atoms with E-state index in [1.165, 1.54) is 0 Å². The van der Waals surface area contributed by atoms with Crippen LogP contribution in [-0.4, -0.2) is 5.91 Å². The van der Waals surface area contributed by atoms with E-state index >= 15 is 0 Å². The zero-order chi connectivity index (χ0) is 14.0. The average molecular weight is 339 g/mol. The SMILES string of the molecule is Cc1cc(Cl)cc(C(=O)Nc2cccc(C)c2Br)c1. The molecule has 98 valence electrons. The first kappa shape index (κ1) is 14.1. The number of carbonyl (C=O) groups excluding carboxylic acids is 1. The molecule has 0 aliphatic rings. The Hall–Kier alpha value is -1.32. The fourth-order valence-corrected chi connectivity index (χ4v) is 2.46. The smallest absolute Gasteiger partial charge is 0.255 e. The van der Waals surface area contributed by atoms with E-state index in [0.717, 1.165) is 21.3 Å². The van der Waals surface area contributed by atoms with Crippen LogP contribution in [0.3, 0.4) is 0 Å². The lowest BCUT2D eigenvalue weighted by Gasteiger charge is -2.10. The summed E-state index contributed by atoms with van der Waals surface area (Å²) in [6, 6.07) is 11.0. The van der Waals surface area contributed by atoms with Crippen LogP contribution in [0.25, 0.3) is 0 Å². The lowest BCUT2D eigenvalue weighted by molar-refractivity contribution is 0.102. The Kier molecular flexibility index (Phi) is 4.27. The Balaban J connectivity index is 2.28. The fourth-order valence-electron chi connectivity index (χ4n) is 1.81. The predicted octanol–water partition coefficient (Wildman–Crippen LogP) is 4.97. The van der Waals surface area contributed by atoms with Gasteiger partial charge < -0.3 is 5.32 Å². The molecule has 0 unspecified atom stereocenters. The summed E-state index contributed by atoms with van der Waals surface area (Å²) in [5.41, 5.74) is 3.34. The predicted molar refractivity (Wildman–Crippen MR) is 83.0 cm³/mol. The molecule has 0 saturated carbocycles. The van der Waals surface area contributed by atoms with Crippen molar-refractivity contribution in [2.75, 3.05) is 5.32 Å². The normalized spacial score (nSPS) is 10.3. The van der Waals surface area contributed by atoms with Crippen LogP contribution in [0.4, 0.5) is 5.69 Å². The van der Waals surface area contributed by atoms with Crippen molar-refractivity contribution in [3.8, 4) is 0 Å². The van der Waals surface area contributed by atoms with Gasteiger partial charge in [-0.1, -0.05) is 23.7 Å². The molecule has 0 atom stereocenters. The Morgan fingerprint density at radius 3 is 2.63 bits per heavy atom. The number of hydrogen-bond acceptors (Lipinski definition) is 1. The Morgan fingerprint density at radius 2 is 1.95 bits per heavy atom. The third-order valence-electron chi connectivity index (χ3n) is 2.74. The molecule has 0 saturated heterocycles. The quantitative estimate of drug-likeness (QED) is 0.823. The van der Waals surface area contributed by atoms with E-state index in [1.54, 1.807) is 6.07 Å². The van der Waals surface area contributed by atoms with Gasteiger partial charge in [0.05, 0.1) is 5.69 Å². The van der Waals surface area contributed by atoms with Crippen molar-refractivity contribution >= 4 is 39.1 Å². The van der Waals surface area contributed by atoms with Crippen molar-refractivity contribution in [1.82, 2.24) is 0 Å². The lowest BCUT2D eigenvalue weighted by Crippen LogP contribution is -2.12. The van der Waals surface area contributed by atoms with Crippen molar-refractivity contribution in [1.29, 1.82) is 0 Å². The highest BCUT2D eigenvalue weighted by Gasteiger charge is 2.10. The summed E-state index contributed by atoms with van der Waals surface area (Å²) in [5, 5.41) is 3.44. The summed E-state index contributed by atoms with van der Waals surface area (Å²) in [7, 11) is 0. The van der Waals surface area contributed by atoms with Crippen molar-refractivity contribution in [2.24, 2.45) is 0 Å². The molecule has 2 aromatic rings. The van der Waals surface area contributed by atoms with E-state index in [2.05, 4.69) is 21.2 Å². The topological polar surface area (TPSA) is 29.1 Å². The van der Waals surface area contributed by atoms with Gasteiger partial charge in [-0.15, -0.1) is 0 Å². The van der Waals surface area contributed by atoms with Crippen molar-refractivity contribution in [3.05, 3.63) is 62.6 Å². The number of halogens is 2. The molecule has 0 spiro atoms. The molecule has 0 heterocycles. The van der Waals surface area contributed by atoms with Gasteiger partial charge >= 0.3 is 0 Å². The number of nitrogens with one attached hydrogen (secondary N) is 1. The summed E-state index contributed by atoms with van der Waals surface area (Å²) in [6.45, 7) is 3.88. The van der Waals surface area contributed by atoms with Crippen LogP contribution in [0.2, 0.25) is 5.02 Å². The van der Waals surface area contributed by atoms with Gasteiger partial charge in [0.15, 0.2) is 0 Å². The van der Waals surface area contributed by atoms with Gasteiger partial charge in [-0.05, 0) is 65.2 Å². The van der Waals surface area contributed by atoms with Crippen LogP contribution in [0, 0.1) is 13.8 Å². The zero-order valence-corrected chi connectivity index (χ0v) is 13.0. The van der Waals surface area contributed by atoms with E-state index in [9.17, 15) is 4.79 Å². The lowest BCUT2D eigenvalue weighted by atomic mass is 10.1.